The normalized spacial score (nSPS) is 15.8. The van der Waals surface area contributed by atoms with Gasteiger partial charge in [0.1, 0.15) is 5.60 Å². The van der Waals surface area contributed by atoms with Gasteiger partial charge in [0, 0.05) is 18.4 Å². The highest BCUT2D eigenvalue weighted by atomic mass is 19.4. The van der Waals surface area contributed by atoms with E-state index in [0.717, 1.165) is 48.8 Å². The quantitative estimate of drug-likeness (QED) is 0.328. The van der Waals surface area contributed by atoms with Gasteiger partial charge in [-0.1, -0.05) is 72.8 Å². The molecule has 0 bridgehead atoms. The number of para-hydroxylation sites is 1. The lowest BCUT2D eigenvalue weighted by atomic mass is 9.72. The van der Waals surface area contributed by atoms with Crippen LogP contribution in [0.2, 0.25) is 0 Å². The molecule has 1 aliphatic heterocycles. The minimum atomic E-state index is -4.42. The Morgan fingerprint density at radius 3 is 1.86 bits per heavy atom. The average molecular weight is 491 g/mol. The first kappa shape index (κ1) is 24.3. The van der Waals surface area contributed by atoms with Gasteiger partial charge < -0.3 is 9.67 Å². The van der Waals surface area contributed by atoms with E-state index in [9.17, 15) is 18.3 Å². The standard InChI is InChI=1S/C30H29F3N2O/c31-30(32,33)27-15-7-8-16-28(27)35-19-9-14-26(35)22-34-20-17-25(18-21-34)29(36,23-10-3-1-4-11-23)24-12-5-2-6-13-24/h1-16,19,25,36H,17-18,20-22H2. The minimum absolute atomic E-state index is 0.0243. The van der Waals surface area contributed by atoms with Crippen molar-refractivity contribution in [1.29, 1.82) is 0 Å². The van der Waals surface area contributed by atoms with Gasteiger partial charge in [0.2, 0.25) is 0 Å². The smallest absolute Gasteiger partial charge is 0.380 e. The number of aliphatic hydroxyl groups is 1. The molecule has 3 aromatic carbocycles. The monoisotopic (exact) mass is 490 g/mol. The van der Waals surface area contributed by atoms with E-state index in [1.165, 1.54) is 12.1 Å². The molecular formula is C30H29F3N2O. The van der Waals surface area contributed by atoms with E-state index in [-0.39, 0.29) is 11.6 Å². The molecule has 186 valence electrons. The molecule has 0 saturated carbocycles. The number of nitrogens with zero attached hydrogens (tertiary/aromatic N) is 2. The molecule has 0 unspecified atom stereocenters. The van der Waals surface area contributed by atoms with Crippen LogP contribution in [0.25, 0.3) is 5.69 Å². The van der Waals surface area contributed by atoms with Gasteiger partial charge in [0.25, 0.3) is 0 Å². The van der Waals surface area contributed by atoms with Crippen molar-refractivity contribution >= 4 is 0 Å². The molecule has 1 fully saturated rings. The molecule has 3 nitrogen and oxygen atoms in total. The average Bonchev–Trinajstić information content (AvgIpc) is 3.37. The van der Waals surface area contributed by atoms with Gasteiger partial charge in [-0.25, -0.2) is 0 Å². The number of hydrogen-bond donors (Lipinski definition) is 1. The van der Waals surface area contributed by atoms with E-state index in [0.29, 0.717) is 6.54 Å². The Kier molecular flexibility index (Phi) is 6.73. The molecule has 1 saturated heterocycles. The summed E-state index contributed by atoms with van der Waals surface area (Å²) in [7, 11) is 0. The number of likely N-dealkylation sites (tertiary alicyclic amines) is 1. The van der Waals surface area contributed by atoms with Crippen molar-refractivity contribution in [3.05, 3.63) is 126 Å². The number of rotatable bonds is 6. The molecule has 5 rings (SSSR count). The summed E-state index contributed by atoms with van der Waals surface area (Å²) < 4.78 is 42.5. The molecule has 4 aromatic rings. The highest BCUT2D eigenvalue weighted by Crippen LogP contribution is 2.42. The van der Waals surface area contributed by atoms with E-state index in [1.807, 2.05) is 66.7 Å². The van der Waals surface area contributed by atoms with Gasteiger partial charge in [0.05, 0.1) is 11.3 Å². The molecule has 1 aliphatic rings. The SMILES string of the molecule is OC(c1ccccc1)(c1ccccc1)C1CCN(Cc2cccn2-c2ccccc2C(F)(F)F)CC1. The summed E-state index contributed by atoms with van der Waals surface area (Å²) in [4.78, 5) is 2.26. The maximum absolute atomic E-state index is 13.6. The van der Waals surface area contributed by atoms with E-state index >= 15 is 0 Å². The van der Waals surface area contributed by atoms with Crippen molar-refractivity contribution in [3.63, 3.8) is 0 Å². The Morgan fingerprint density at radius 2 is 1.28 bits per heavy atom. The topological polar surface area (TPSA) is 28.4 Å². The summed E-state index contributed by atoms with van der Waals surface area (Å²) in [6, 6.07) is 29.0. The number of benzene rings is 3. The van der Waals surface area contributed by atoms with Crippen molar-refractivity contribution in [3.8, 4) is 5.69 Å². The fourth-order valence-electron chi connectivity index (χ4n) is 5.46. The van der Waals surface area contributed by atoms with Crippen LogP contribution in [0.3, 0.4) is 0 Å². The Bertz CT molecular complexity index is 1240. The lowest BCUT2D eigenvalue weighted by molar-refractivity contribution is -0.137. The second-order valence-corrected chi connectivity index (χ2v) is 9.43. The van der Waals surface area contributed by atoms with Crippen LogP contribution in [0, 0.1) is 5.92 Å². The Hall–Kier alpha value is -3.35. The van der Waals surface area contributed by atoms with Crippen LogP contribution in [0.5, 0.6) is 0 Å². The van der Waals surface area contributed by atoms with Crippen molar-refractivity contribution in [2.45, 2.75) is 31.2 Å². The van der Waals surface area contributed by atoms with Gasteiger partial charge in [0.15, 0.2) is 0 Å². The van der Waals surface area contributed by atoms with E-state index in [4.69, 9.17) is 0 Å². The summed E-state index contributed by atoms with van der Waals surface area (Å²) in [5, 5.41) is 12.1. The number of aromatic nitrogens is 1. The van der Waals surface area contributed by atoms with Crippen LogP contribution >= 0.6 is 0 Å². The fourth-order valence-corrected chi connectivity index (χ4v) is 5.46. The third kappa shape index (κ3) is 4.71. The van der Waals surface area contributed by atoms with Crippen LogP contribution in [-0.2, 0) is 18.3 Å². The molecule has 2 heterocycles. The molecule has 0 aliphatic carbocycles. The van der Waals surface area contributed by atoms with E-state index in [1.54, 1.807) is 22.9 Å². The van der Waals surface area contributed by atoms with Crippen molar-refractivity contribution in [1.82, 2.24) is 9.47 Å². The van der Waals surface area contributed by atoms with Crippen molar-refractivity contribution < 1.29 is 18.3 Å². The molecule has 0 spiro atoms. The maximum atomic E-state index is 13.6. The summed E-state index contributed by atoms with van der Waals surface area (Å²) >= 11 is 0. The van der Waals surface area contributed by atoms with Gasteiger partial charge in [-0.15, -0.1) is 0 Å². The Labute approximate surface area is 209 Å². The summed E-state index contributed by atoms with van der Waals surface area (Å²) in [5.41, 5.74) is 0.978. The van der Waals surface area contributed by atoms with Crippen LogP contribution in [0.1, 0.15) is 35.2 Å². The number of alkyl halides is 3. The van der Waals surface area contributed by atoms with Crippen LogP contribution in [0.15, 0.2) is 103 Å². The number of hydrogen-bond acceptors (Lipinski definition) is 2. The van der Waals surface area contributed by atoms with Crippen molar-refractivity contribution in [2.24, 2.45) is 5.92 Å². The summed E-state index contributed by atoms with van der Waals surface area (Å²) in [5.74, 6) is 0.0243. The maximum Gasteiger partial charge on any atom is 0.418 e. The Morgan fingerprint density at radius 1 is 0.722 bits per heavy atom. The zero-order chi connectivity index (χ0) is 25.2. The molecule has 0 radical (unpaired) electrons. The second kappa shape index (κ2) is 9.96. The molecular weight excluding hydrogens is 461 g/mol. The van der Waals surface area contributed by atoms with E-state index in [2.05, 4.69) is 4.90 Å². The van der Waals surface area contributed by atoms with Crippen LogP contribution < -0.4 is 0 Å². The second-order valence-electron chi connectivity index (χ2n) is 9.43. The van der Waals surface area contributed by atoms with Gasteiger partial charge >= 0.3 is 6.18 Å². The number of halogens is 3. The fraction of sp³-hybridized carbons (Fsp3) is 0.267. The van der Waals surface area contributed by atoms with Crippen LogP contribution in [-0.4, -0.2) is 27.7 Å². The highest BCUT2D eigenvalue weighted by Gasteiger charge is 2.41. The molecule has 0 amide bonds. The first-order valence-corrected chi connectivity index (χ1v) is 12.3. The van der Waals surface area contributed by atoms with Crippen LogP contribution in [0.4, 0.5) is 13.2 Å². The van der Waals surface area contributed by atoms with Gasteiger partial charge in [-0.05, 0) is 67.2 Å². The lowest BCUT2D eigenvalue weighted by Crippen LogP contribution is -2.44. The van der Waals surface area contributed by atoms with Gasteiger partial charge in [-0.3, -0.25) is 4.90 Å². The minimum Gasteiger partial charge on any atom is -0.380 e. The van der Waals surface area contributed by atoms with E-state index < -0.39 is 17.3 Å². The third-order valence-electron chi connectivity index (χ3n) is 7.29. The largest absolute Gasteiger partial charge is 0.418 e. The summed E-state index contributed by atoms with van der Waals surface area (Å²) in [6.07, 6.45) is -1.17. The predicted molar refractivity (Wildman–Crippen MR) is 135 cm³/mol. The van der Waals surface area contributed by atoms with Crippen molar-refractivity contribution in [2.75, 3.05) is 13.1 Å². The molecule has 36 heavy (non-hydrogen) atoms. The zero-order valence-corrected chi connectivity index (χ0v) is 19.9. The predicted octanol–water partition coefficient (Wildman–Crippen LogP) is 6.64. The zero-order valence-electron chi connectivity index (χ0n) is 19.9. The molecule has 0 atom stereocenters. The number of piperidine rings is 1. The van der Waals surface area contributed by atoms with Gasteiger partial charge in [-0.2, -0.15) is 13.2 Å². The molecule has 6 heteroatoms. The first-order chi connectivity index (χ1) is 17.4. The lowest BCUT2D eigenvalue weighted by Gasteiger charge is -2.42. The first-order valence-electron chi connectivity index (χ1n) is 12.3. The third-order valence-corrected chi connectivity index (χ3v) is 7.29. The molecule has 1 aromatic heterocycles. The molecule has 1 N–H and O–H groups in total. The highest BCUT2D eigenvalue weighted by molar-refractivity contribution is 5.45. The summed E-state index contributed by atoms with van der Waals surface area (Å²) in [6.45, 7) is 2.04. The Balaban J connectivity index is 1.35.